The van der Waals surface area contributed by atoms with Gasteiger partial charge in [-0.05, 0) is 39.8 Å². The molecule has 0 unspecified atom stereocenters. The van der Waals surface area contributed by atoms with Gasteiger partial charge in [-0.15, -0.1) is 0 Å². The molecule has 1 aliphatic carbocycles. The zero-order chi connectivity index (χ0) is 24.9. The molecule has 0 radical (unpaired) electrons. The Kier molecular flexibility index (Phi) is 6.45. The molecule has 1 aromatic heterocycles. The lowest BCUT2D eigenvalue weighted by molar-refractivity contribution is -0.177. The van der Waals surface area contributed by atoms with Crippen molar-refractivity contribution in [2.24, 2.45) is 16.7 Å². The third kappa shape index (κ3) is 4.74. The molecule has 1 saturated carbocycles. The Balaban J connectivity index is 2.55. The molecule has 0 aromatic carbocycles. The predicted molar refractivity (Wildman–Crippen MR) is 95.4 cm³/mol. The molecular weight excluding hydrogens is 448 g/mol. The Bertz CT molecular complexity index is 948. The number of nitrogens with zero attached hydrogens (tertiary/aromatic N) is 1. The smallest absolute Gasteiger partial charge is 0.366 e. The Hall–Kier alpha value is -2.63. The van der Waals surface area contributed by atoms with Gasteiger partial charge in [-0.3, -0.25) is 19.2 Å². The van der Waals surface area contributed by atoms with Crippen LogP contribution in [0, 0.1) is 16.7 Å². The maximum Gasteiger partial charge on any atom is 0.433 e. The number of ether oxygens (including phenoxy) is 1. The van der Waals surface area contributed by atoms with Crippen LogP contribution in [-0.4, -0.2) is 40.9 Å². The van der Waals surface area contributed by atoms with Crippen molar-refractivity contribution in [3.8, 4) is 0 Å². The van der Waals surface area contributed by atoms with Crippen molar-refractivity contribution in [1.29, 1.82) is 0 Å². The van der Waals surface area contributed by atoms with E-state index in [9.17, 15) is 45.5 Å². The molecule has 12 heteroatoms. The Labute approximate surface area is 178 Å². The van der Waals surface area contributed by atoms with E-state index < -0.39 is 82.4 Å². The molecule has 2 rings (SSSR count). The Morgan fingerprint density at radius 1 is 0.969 bits per heavy atom. The molecule has 32 heavy (non-hydrogen) atoms. The van der Waals surface area contributed by atoms with Gasteiger partial charge in [0.2, 0.25) is 0 Å². The van der Waals surface area contributed by atoms with Crippen molar-refractivity contribution < 1.29 is 50.3 Å². The summed E-state index contributed by atoms with van der Waals surface area (Å²) in [5.74, 6) is -6.14. The van der Waals surface area contributed by atoms with Crippen LogP contribution in [-0.2, 0) is 31.9 Å². The minimum absolute atomic E-state index is 0.402. The third-order valence-corrected chi connectivity index (χ3v) is 5.19. The molecule has 0 atom stereocenters. The van der Waals surface area contributed by atoms with Gasteiger partial charge >= 0.3 is 12.4 Å². The quantitative estimate of drug-likeness (QED) is 0.372. The van der Waals surface area contributed by atoms with Crippen LogP contribution in [0.25, 0.3) is 0 Å². The molecule has 0 bridgehead atoms. The van der Waals surface area contributed by atoms with Crippen molar-refractivity contribution in [1.82, 2.24) is 4.98 Å². The number of aromatic nitrogens is 1. The van der Waals surface area contributed by atoms with Crippen LogP contribution >= 0.6 is 0 Å². The summed E-state index contributed by atoms with van der Waals surface area (Å²) in [7, 11) is 0. The molecule has 0 aliphatic heterocycles. The highest BCUT2D eigenvalue weighted by molar-refractivity contribution is 6.37. The van der Waals surface area contributed by atoms with Crippen LogP contribution < -0.4 is 0 Å². The first kappa shape index (κ1) is 25.6. The summed E-state index contributed by atoms with van der Waals surface area (Å²) < 4.78 is 80.5. The monoisotopic (exact) mass is 467 g/mol. The predicted octanol–water partition coefficient (Wildman–Crippen LogP) is 3.75. The summed E-state index contributed by atoms with van der Waals surface area (Å²) in [4.78, 5) is 54.4. The summed E-state index contributed by atoms with van der Waals surface area (Å²) in [5.41, 5.74) is -6.49. The van der Waals surface area contributed by atoms with E-state index in [1.807, 2.05) is 0 Å². The number of halogens is 6. The molecule has 176 valence electrons. The zero-order valence-electron chi connectivity index (χ0n) is 17.4. The average Bonchev–Trinajstić information content (AvgIpc) is 2.64. The first-order chi connectivity index (χ1) is 14.3. The van der Waals surface area contributed by atoms with Crippen LogP contribution in [0.2, 0.25) is 0 Å². The third-order valence-electron chi connectivity index (χ3n) is 5.19. The summed E-state index contributed by atoms with van der Waals surface area (Å²) in [6.45, 7) is 1.89. The van der Waals surface area contributed by atoms with Gasteiger partial charge in [0.1, 0.15) is 18.2 Å². The number of pyridine rings is 1. The van der Waals surface area contributed by atoms with Crippen molar-refractivity contribution >= 4 is 23.1 Å². The van der Waals surface area contributed by atoms with Crippen molar-refractivity contribution in [2.45, 2.75) is 46.7 Å². The van der Waals surface area contributed by atoms with Crippen LogP contribution in [0.1, 0.15) is 49.4 Å². The molecule has 1 heterocycles. The Morgan fingerprint density at radius 2 is 1.47 bits per heavy atom. The van der Waals surface area contributed by atoms with E-state index in [0.717, 1.165) is 0 Å². The summed E-state index contributed by atoms with van der Waals surface area (Å²) in [6.07, 6.45) is -9.78. The number of alkyl halides is 6. The fourth-order valence-corrected chi connectivity index (χ4v) is 3.50. The number of carbonyl (C=O) groups is 4. The molecule has 0 N–H and O–H groups in total. The first-order valence-electron chi connectivity index (χ1n) is 9.21. The van der Waals surface area contributed by atoms with E-state index in [4.69, 9.17) is 0 Å². The standard InChI is InChI=1S/C20H19F6NO5/c1-17(2)14(29)12(15(30)18(3,4)16(17)31)13(28)9-5-6-11(20(24,25)26)27-10(9)7-32-8-19(21,22)23/h5-6,12H,7-8H2,1-4H3. The lowest BCUT2D eigenvalue weighted by Crippen LogP contribution is -2.59. The number of hydrogen-bond acceptors (Lipinski definition) is 6. The lowest BCUT2D eigenvalue weighted by atomic mass is 9.57. The van der Waals surface area contributed by atoms with E-state index in [1.165, 1.54) is 27.7 Å². The molecule has 0 amide bonds. The first-order valence-corrected chi connectivity index (χ1v) is 9.21. The van der Waals surface area contributed by atoms with Crippen molar-refractivity contribution in [3.63, 3.8) is 0 Å². The summed E-state index contributed by atoms with van der Waals surface area (Å²) in [6, 6.07) is 1.03. The van der Waals surface area contributed by atoms with Gasteiger partial charge in [-0.2, -0.15) is 26.3 Å². The highest BCUT2D eigenvalue weighted by Gasteiger charge is 2.60. The fraction of sp³-hybridized carbons (Fsp3) is 0.550. The second kappa shape index (κ2) is 8.05. The van der Waals surface area contributed by atoms with Gasteiger partial charge < -0.3 is 4.74 Å². The minimum Gasteiger partial charge on any atom is -0.366 e. The summed E-state index contributed by atoms with van der Waals surface area (Å²) in [5, 5.41) is 0. The maximum absolute atomic E-state index is 13.1. The largest absolute Gasteiger partial charge is 0.433 e. The highest BCUT2D eigenvalue weighted by Crippen LogP contribution is 2.42. The second-order valence-corrected chi connectivity index (χ2v) is 8.40. The van der Waals surface area contributed by atoms with Crippen LogP contribution in [0.5, 0.6) is 0 Å². The van der Waals surface area contributed by atoms with E-state index in [2.05, 4.69) is 9.72 Å². The minimum atomic E-state index is -4.98. The molecule has 1 aliphatic rings. The number of rotatable bonds is 5. The van der Waals surface area contributed by atoms with E-state index in [-0.39, 0.29) is 0 Å². The molecule has 0 saturated heterocycles. The van der Waals surface area contributed by atoms with Gasteiger partial charge in [0.05, 0.1) is 23.1 Å². The van der Waals surface area contributed by atoms with Gasteiger partial charge in [0, 0.05) is 5.56 Å². The number of Topliss-reactive ketones (excluding diaryl/α,β-unsaturated/α-hetero) is 4. The van der Waals surface area contributed by atoms with E-state index >= 15 is 0 Å². The van der Waals surface area contributed by atoms with Crippen molar-refractivity contribution in [2.75, 3.05) is 6.61 Å². The number of hydrogen-bond donors (Lipinski definition) is 0. The van der Waals surface area contributed by atoms with Gasteiger partial charge in [-0.25, -0.2) is 4.98 Å². The van der Waals surface area contributed by atoms with Crippen LogP contribution in [0.15, 0.2) is 12.1 Å². The van der Waals surface area contributed by atoms with E-state index in [1.54, 1.807) is 0 Å². The highest BCUT2D eigenvalue weighted by atomic mass is 19.4. The second-order valence-electron chi connectivity index (χ2n) is 8.40. The number of carbonyl (C=O) groups excluding carboxylic acids is 4. The number of ketones is 4. The molecule has 6 nitrogen and oxygen atoms in total. The molecular formula is C20H19F6NO5. The summed E-state index contributed by atoms with van der Waals surface area (Å²) >= 11 is 0. The maximum atomic E-state index is 13.1. The molecule has 1 aromatic rings. The average molecular weight is 467 g/mol. The SMILES string of the molecule is CC1(C)C(=O)C(C(=O)c2ccc(C(F)(F)F)nc2COCC(F)(F)F)C(=O)C(C)(C)C1=O. The molecule has 0 spiro atoms. The Morgan fingerprint density at radius 3 is 1.91 bits per heavy atom. The van der Waals surface area contributed by atoms with Crippen LogP contribution in [0.4, 0.5) is 26.3 Å². The molecule has 1 fully saturated rings. The van der Waals surface area contributed by atoms with Gasteiger partial charge in [0.15, 0.2) is 23.1 Å². The lowest BCUT2D eigenvalue weighted by Gasteiger charge is -2.40. The fourth-order valence-electron chi connectivity index (χ4n) is 3.50. The van der Waals surface area contributed by atoms with Crippen molar-refractivity contribution in [3.05, 3.63) is 29.1 Å². The topological polar surface area (TPSA) is 90.4 Å². The normalized spacial score (nSPS) is 19.4. The van der Waals surface area contributed by atoms with E-state index in [0.29, 0.717) is 12.1 Å². The zero-order valence-corrected chi connectivity index (χ0v) is 17.4. The van der Waals surface area contributed by atoms with Gasteiger partial charge in [-0.1, -0.05) is 0 Å². The van der Waals surface area contributed by atoms with Crippen LogP contribution in [0.3, 0.4) is 0 Å². The van der Waals surface area contributed by atoms with Gasteiger partial charge in [0.25, 0.3) is 0 Å².